The van der Waals surface area contributed by atoms with Crippen LogP contribution in [-0.2, 0) is 9.47 Å². The van der Waals surface area contributed by atoms with Crippen LogP contribution in [0.25, 0.3) is 0 Å². The maximum Gasteiger partial charge on any atom is 0.337 e. The third-order valence-corrected chi connectivity index (χ3v) is 6.70. The second kappa shape index (κ2) is 11.0. The highest BCUT2D eigenvalue weighted by atomic mass is 32.2. The topological polar surface area (TPSA) is 125 Å². The molecule has 9 nitrogen and oxygen atoms in total. The molecule has 0 radical (unpaired) electrons. The largest absolute Gasteiger partial charge is 0.465 e. The summed E-state index contributed by atoms with van der Waals surface area (Å²) in [5, 5.41) is 14.6. The SMILES string of the molecule is COC(=O)c1cc(NC(=O)c2ccc(SC3CCCCC3)c([N+](=O)[O-])c2)cc(C(=O)OC)c1. The number of nitrogens with one attached hydrogen (secondary N) is 1. The van der Waals surface area contributed by atoms with Crippen LogP contribution in [0.5, 0.6) is 0 Å². The van der Waals surface area contributed by atoms with E-state index in [0.717, 1.165) is 25.7 Å². The second-order valence-corrected chi connectivity index (χ2v) is 8.90. The Kier molecular flexibility index (Phi) is 8.05. The average molecular weight is 473 g/mol. The Morgan fingerprint density at radius 2 is 1.55 bits per heavy atom. The van der Waals surface area contributed by atoms with E-state index in [1.54, 1.807) is 6.07 Å². The van der Waals surface area contributed by atoms with Crippen molar-refractivity contribution in [1.82, 2.24) is 0 Å². The van der Waals surface area contributed by atoms with Gasteiger partial charge in [0.1, 0.15) is 0 Å². The molecule has 1 fully saturated rings. The van der Waals surface area contributed by atoms with E-state index in [-0.39, 0.29) is 28.1 Å². The van der Waals surface area contributed by atoms with Gasteiger partial charge in [-0.3, -0.25) is 14.9 Å². The Bertz CT molecular complexity index is 1050. The molecule has 2 aromatic rings. The summed E-state index contributed by atoms with van der Waals surface area (Å²) in [5.41, 5.74) is 0.183. The number of methoxy groups -OCH3 is 2. The maximum atomic E-state index is 12.8. The number of nitro benzene ring substituents is 1. The van der Waals surface area contributed by atoms with Gasteiger partial charge in [0.2, 0.25) is 0 Å². The van der Waals surface area contributed by atoms with E-state index in [1.807, 2.05) is 0 Å². The van der Waals surface area contributed by atoms with Crippen molar-refractivity contribution in [3.63, 3.8) is 0 Å². The highest BCUT2D eigenvalue weighted by Crippen LogP contribution is 2.38. The second-order valence-electron chi connectivity index (χ2n) is 7.55. The number of esters is 2. The molecular weight excluding hydrogens is 448 g/mol. The molecule has 0 unspecified atom stereocenters. The molecule has 33 heavy (non-hydrogen) atoms. The molecule has 0 heterocycles. The lowest BCUT2D eigenvalue weighted by Gasteiger charge is -2.20. The van der Waals surface area contributed by atoms with Gasteiger partial charge >= 0.3 is 11.9 Å². The van der Waals surface area contributed by atoms with E-state index in [9.17, 15) is 24.5 Å². The van der Waals surface area contributed by atoms with Crippen molar-refractivity contribution >= 4 is 41.0 Å². The highest BCUT2D eigenvalue weighted by molar-refractivity contribution is 8.00. The molecule has 0 saturated heterocycles. The van der Waals surface area contributed by atoms with Crippen LogP contribution >= 0.6 is 11.8 Å². The summed E-state index contributed by atoms with van der Waals surface area (Å²) in [6.45, 7) is 0. The molecular formula is C23H24N2O7S. The van der Waals surface area contributed by atoms with Gasteiger partial charge in [-0.2, -0.15) is 0 Å². The minimum Gasteiger partial charge on any atom is -0.465 e. The van der Waals surface area contributed by atoms with Crippen molar-refractivity contribution in [2.45, 2.75) is 42.2 Å². The molecule has 1 N–H and O–H groups in total. The Morgan fingerprint density at radius 3 is 2.09 bits per heavy atom. The van der Waals surface area contributed by atoms with Crippen molar-refractivity contribution in [3.8, 4) is 0 Å². The summed E-state index contributed by atoms with van der Waals surface area (Å²) in [4.78, 5) is 48.4. The zero-order valence-electron chi connectivity index (χ0n) is 18.3. The molecule has 0 aliphatic heterocycles. The Balaban J connectivity index is 1.86. The van der Waals surface area contributed by atoms with Crippen molar-refractivity contribution in [3.05, 3.63) is 63.2 Å². The van der Waals surface area contributed by atoms with Crippen molar-refractivity contribution in [2.24, 2.45) is 0 Å². The number of nitro groups is 1. The van der Waals surface area contributed by atoms with Crippen LogP contribution in [0.15, 0.2) is 41.3 Å². The van der Waals surface area contributed by atoms with Crippen LogP contribution in [0, 0.1) is 10.1 Å². The van der Waals surface area contributed by atoms with E-state index >= 15 is 0 Å². The lowest BCUT2D eigenvalue weighted by atomic mass is 10.0. The molecule has 1 amide bonds. The summed E-state index contributed by atoms with van der Waals surface area (Å²) in [6, 6.07) is 8.34. The molecule has 0 aromatic heterocycles. The fourth-order valence-electron chi connectivity index (χ4n) is 3.64. The van der Waals surface area contributed by atoms with Crippen molar-refractivity contribution < 1.29 is 28.8 Å². The standard InChI is InChI=1S/C23H24N2O7S/c1-31-22(27)15-10-16(23(28)32-2)12-17(11-15)24-21(26)14-8-9-20(19(13-14)25(29)30)33-18-6-4-3-5-7-18/h8-13,18H,3-7H2,1-2H3,(H,24,26). The summed E-state index contributed by atoms with van der Waals surface area (Å²) < 4.78 is 9.37. The molecule has 1 aliphatic rings. The van der Waals surface area contributed by atoms with Gasteiger partial charge in [-0.05, 0) is 43.2 Å². The number of amides is 1. The van der Waals surface area contributed by atoms with Gasteiger partial charge in [-0.1, -0.05) is 19.3 Å². The maximum absolute atomic E-state index is 12.8. The zero-order chi connectivity index (χ0) is 24.0. The van der Waals surface area contributed by atoms with Gasteiger partial charge in [-0.25, -0.2) is 9.59 Å². The predicted molar refractivity (Wildman–Crippen MR) is 123 cm³/mol. The van der Waals surface area contributed by atoms with Gasteiger partial charge in [0.15, 0.2) is 0 Å². The number of ether oxygens (including phenoxy) is 2. The number of carbonyl (C=O) groups is 3. The van der Waals surface area contributed by atoms with Crippen LogP contribution in [-0.4, -0.2) is 42.2 Å². The number of carbonyl (C=O) groups excluding carboxylic acids is 3. The summed E-state index contributed by atoms with van der Waals surface area (Å²) >= 11 is 1.48. The number of hydrogen-bond acceptors (Lipinski definition) is 8. The molecule has 3 rings (SSSR count). The third-order valence-electron chi connectivity index (χ3n) is 5.30. The summed E-state index contributed by atoms with van der Waals surface area (Å²) in [7, 11) is 2.38. The van der Waals surface area contributed by atoms with E-state index in [2.05, 4.69) is 14.8 Å². The zero-order valence-corrected chi connectivity index (χ0v) is 19.1. The molecule has 0 bridgehead atoms. The lowest BCUT2D eigenvalue weighted by Crippen LogP contribution is -2.15. The van der Waals surface area contributed by atoms with Crippen LogP contribution in [0.4, 0.5) is 11.4 Å². The Labute approximate surface area is 195 Å². The van der Waals surface area contributed by atoms with E-state index < -0.39 is 22.8 Å². The molecule has 2 aromatic carbocycles. The van der Waals surface area contributed by atoms with Gasteiger partial charge in [0, 0.05) is 22.6 Å². The molecule has 0 spiro atoms. The number of rotatable bonds is 7. The van der Waals surface area contributed by atoms with Gasteiger partial charge in [-0.15, -0.1) is 11.8 Å². The fraction of sp³-hybridized carbons (Fsp3) is 0.348. The van der Waals surface area contributed by atoms with Crippen LogP contribution < -0.4 is 5.32 Å². The molecule has 10 heteroatoms. The number of thioether (sulfide) groups is 1. The van der Waals surface area contributed by atoms with Gasteiger partial charge in [0.25, 0.3) is 11.6 Å². The van der Waals surface area contributed by atoms with Crippen molar-refractivity contribution in [1.29, 1.82) is 0 Å². The first-order chi connectivity index (χ1) is 15.8. The minimum absolute atomic E-state index is 0.0425. The first-order valence-electron chi connectivity index (χ1n) is 10.4. The van der Waals surface area contributed by atoms with Crippen LogP contribution in [0.2, 0.25) is 0 Å². The number of benzene rings is 2. The quantitative estimate of drug-likeness (QED) is 0.345. The Morgan fingerprint density at radius 1 is 0.939 bits per heavy atom. The average Bonchev–Trinajstić information content (AvgIpc) is 2.83. The molecule has 1 aliphatic carbocycles. The number of anilines is 1. The highest BCUT2D eigenvalue weighted by Gasteiger charge is 2.23. The molecule has 0 atom stereocenters. The summed E-state index contributed by atoms with van der Waals surface area (Å²) in [5.74, 6) is -2.02. The monoisotopic (exact) mass is 472 g/mol. The van der Waals surface area contributed by atoms with Gasteiger partial charge < -0.3 is 14.8 Å². The Hall–Kier alpha value is -3.40. The molecule has 1 saturated carbocycles. The van der Waals surface area contributed by atoms with Crippen LogP contribution in [0.1, 0.15) is 63.2 Å². The third kappa shape index (κ3) is 6.10. The minimum atomic E-state index is -0.698. The van der Waals surface area contributed by atoms with E-state index in [4.69, 9.17) is 0 Å². The lowest BCUT2D eigenvalue weighted by molar-refractivity contribution is -0.387. The van der Waals surface area contributed by atoms with Crippen LogP contribution in [0.3, 0.4) is 0 Å². The smallest absolute Gasteiger partial charge is 0.337 e. The van der Waals surface area contributed by atoms with E-state index in [1.165, 1.54) is 62.7 Å². The molecule has 174 valence electrons. The van der Waals surface area contributed by atoms with E-state index in [0.29, 0.717) is 10.1 Å². The number of hydrogen-bond donors (Lipinski definition) is 1. The number of nitrogens with zero attached hydrogens (tertiary/aromatic N) is 1. The first kappa shape index (κ1) is 24.2. The fourth-order valence-corrected chi connectivity index (χ4v) is 4.97. The summed E-state index contributed by atoms with van der Waals surface area (Å²) in [6.07, 6.45) is 5.45. The predicted octanol–water partition coefficient (Wildman–Crippen LogP) is 4.85. The van der Waals surface area contributed by atoms with Gasteiger partial charge in [0.05, 0.1) is 35.2 Å². The van der Waals surface area contributed by atoms with Crippen molar-refractivity contribution in [2.75, 3.05) is 19.5 Å². The first-order valence-corrected chi connectivity index (χ1v) is 11.3. The normalized spacial score (nSPS) is 13.8.